The second-order valence-corrected chi connectivity index (χ2v) is 8.94. The van der Waals surface area contributed by atoms with Crippen molar-refractivity contribution in [2.24, 2.45) is 5.92 Å². The Balaban J connectivity index is 1.44. The molecule has 2 unspecified atom stereocenters. The number of carboxylic acid groups (broad SMARTS) is 1. The fourth-order valence-corrected chi connectivity index (χ4v) is 4.58. The number of piperidine rings is 1. The summed E-state index contributed by atoms with van der Waals surface area (Å²) < 4.78 is 0. The number of para-hydroxylation sites is 1. The molecule has 0 bridgehead atoms. The highest BCUT2D eigenvalue weighted by Gasteiger charge is 2.43. The van der Waals surface area contributed by atoms with Crippen molar-refractivity contribution in [3.05, 3.63) is 71.9 Å². The lowest BCUT2D eigenvalue weighted by Crippen LogP contribution is -2.57. The zero-order chi connectivity index (χ0) is 23.6. The van der Waals surface area contributed by atoms with E-state index in [0.717, 1.165) is 16.5 Å². The summed E-state index contributed by atoms with van der Waals surface area (Å²) in [5, 5.41) is 13.9. The number of H-pyrrole nitrogens is 1. The maximum atomic E-state index is 13.1. The molecule has 1 aliphatic rings. The van der Waals surface area contributed by atoms with Gasteiger partial charge in [-0.3, -0.25) is 9.59 Å². The van der Waals surface area contributed by atoms with Crippen LogP contribution in [-0.2, 0) is 9.59 Å². The summed E-state index contributed by atoms with van der Waals surface area (Å²) in [4.78, 5) is 43.1. The third-order valence-corrected chi connectivity index (χ3v) is 6.95. The average molecular weight is 448 g/mol. The van der Waals surface area contributed by atoms with Crippen LogP contribution in [0.1, 0.15) is 48.5 Å². The molecule has 7 heteroatoms. The van der Waals surface area contributed by atoms with Crippen molar-refractivity contribution in [3.8, 4) is 0 Å². The average Bonchev–Trinajstić information content (AvgIpc) is 3.27. The Labute approximate surface area is 192 Å². The smallest absolute Gasteiger partial charge is 0.329 e. The number of carbonyl (C=O) groups excluding carboxylic acids is 2. The quantitative estimate of drug-likeness (QED) is 0.535. The number of likely N-dealkylation sites (tertiary alicyclic amines) is 1. The van der Waals surface area contributed by atoms with Crippen LogP contribution >= 0.6 is 0 Å². The number of rotatable bonds is 6. The van der Waals surface area contributed by atoms with Crippen LogP contribution in [-0.4, -0.2) is 51.4 Å². The van der Waals surface area contributed by atoms with Crippen molar-refractivity contribution in [1.29, 1.82) is 0 Å². The van der Waals surface area contributed by atoms with E-state index in [1.807, 2.05) is 55.6 Å². The minimum atomic E-state index is -1.47. The zero-order valence-electron chi connectivity index (χ0n) is 18.9. The third-order valence-electron chi connectivity index (χ3n) is 6.95. The summed E-state index contributed by atoms with van der Waals surface area (Å²) >= 11 is 0. The maximum absolute atomic E-state index is 13.1. The highest BCUT2D eigenvalue weighted by Crippen LogP contribution is 2.34. The Morgan fingerprint density at radius 1 is 1.06 bits per heavy atom. The summed E-state index contributed by atoms with van der Waals surface area (Å²) in [7, 11) is 0. The van der Waals surface area contributed by atoms with Crippen molar-refractivity contribution in [3.63, 3.8) is 0 Å². The molecule has 3 N–H and O–H groups in total. The van der Waals surface area contributed by atoms with E-state index in [-0.39, 0.29) is 17.7 Å². The van der Waals surface area contributed by atoms with E-state index in [4.69, 9.17) is 0 Å². The van der Waals surface area contributed by atoms with Crippen molar-refractivity contribution in [2.75, 3.05) is 13.1 Å². The Morgan fingerprint density at radius 2 is 1.70 bits per heavy atom. The van der Waals surface area contributed by atoms with Crippen molar-refractivity contribution in [1.82, 2.24) is 15.2 Å². The minimum Gasteiger partial charge on any atom is -0.479 e. The van der Waals surface area contributed by atoms with E-state index in [0.29, 0.717) is 31.5 Å². The molecule has 1 saturated heterocycles. The van der Waals surface area contributed by atoms with Gasteiger partial charge in [0.25, 0.3) is 5.91 Å². The molecule has 0 saturated carbocycles. The van der Waals surface area contributed by atoms with Gasteiger partial charge in [0.2, 0.25) is 5.91 Å². The summed E-state index contributed by atoms with van der Waals surface area (Å²) in [5.74, 6) is -2.20. The van der Waals surface area contributed by atoms with Gasteiger partial charge in [0.1, 0.15) is 5.54 Å². The molecule has 2 aromatic carbocycles. The van der Waals surface area contributed by atoms with E-state index in [9.17, 15) is 19.5 Å². The molecule has 2 atom stereocenters. The van der Waals surface area contributed by atoms with Crippen molar-refractivity contribution < 1.29 is 19.5 Å². The molecule has 2 heterocycles. The number of hydrogen-bond donors (Lipinski definition) is 3. The predicted molar refractivity (Wildman–Crippen MR) is 126 cm³/mol. The summed E-state index contributed by atoms with van der Waals surface area (Å²) in [6.07, 6.45) is 2.82. The molecule has 0 aliphatic carbocycles. The number of aliphatic carboxylic acids is 1. The lowest BCUT2D eigenvalue weighted by atomic mass is 9.80. The molecule has 3 aromatic rings. The third kappa shape index (κ3) is 4.35. The number of fused-ring (bicyclic) bond motifs is 1. The summed E-state index contributed by atoms with van der Waals surface area (Å²) in [5.41, 5.74) is 0.929. The van der Waals surface area contributed by atoms with Gasteiger partial charge in [0.15, 0.2) is 0 Å². The van der Waals surface area contributed by atoms with Crippen LogP contribution in [0.5, 0.6) is 0 Å². The first-order valence-electron chi connectivity index (χ1n) is 11.3. The van der Waals surface area contributed by atoms with Gasteiger partial charge in [-0.1, -0.05) is 43.3 Å². The monoisotopic (exact) mass is 447 g/mol. The molecule has 172 valence electrons. The zero-order valence-corrected chi connectivity index (χ0v) is 18.9. The first-order chi connectivity index (χ1) is 15.8. The van der Waals surface area contributed by atoms with Gasteiger partial charge < -0.3 is 20.3 Å². The van der Waals surface area contributed by atoms with E-state index in [1.54, 1.807) is 24.0 Å². The molecular formula is C26H29N3O4. The van der Waals surface area contributed by atoms with Crippen LogP contribution in [0.2, 0.25) is 0 Å². The topological polar surface area (TPSA) is 103 Å². The first kappa shape index (κ1) is 22.6. The van der Waals surface area contributed by atoms with Crippen LogP contribution in [0.25, 0.3) is 10.9 Å². The SMILES string of the molecule is CC(c1c[nH]c2ccccc12)C(C)(NC(=O)C1CCN(C(=O)c2ccccc2)CC1)C(=O)O. The van der Waals surface area contributed by atoms with Gasteiger partial charge in [-0.05, 0) is 43.5 Å². The van der Waals surface area contributed by atoms with Gasteiger partial charge in [-0.15, -0.1) is 0 Å². The van der Waals surface area contributed by atoms with Crippen molar-refractivity contribution >= 4 is 28.7 Å². The number of carboxylic acids is 1. The van der Waals surface area contributed by atoms with Crippen molar-refractivity contribution in [2.45, 2.75) is 38.1 Å². The second-order valence-electron chi connectivity index (χ2n) is 8.94. The highest BCUT2D eigenvalue weighted by atomic mass is 16.4. The second kappa shape index (κ2) is 9.10. The molecule has 1 aliphatic heterocycles. The standard InChI is InChI=1S/C26H29N3O4/c1-17(21-16-27-22-11-7-6-10-20(21)22)26(2,25(32)33)28-23(30)18-12-14-29(15-13-18)24(31)19-8-4-3-5-9-19/h3-11,16-18,27H,12-15H2,1-2H3,(H,28,30)(H,32,33). The van der Waals surface area contributed by atoms with E-state index >= 15 is 0 Å². The van der Waals surface area contributed by atoms with Crippen LogP contribution in [0.15, 0.2) is 60.8 Å². The number of nitrogens with one attached hydrogen (secondary N) is 2. The number of carbonyl (C=O) groups is 3. The first-order valence-corrected chi connectivity index (χ1v) is 11.3. The molecule has 1 fully saturated rings. The Bertz CT molecular complexity index is 1160. The van der Waals surface area contributed by atoms with Gasteiger partial charge in [0, 0.05) is 47.6 Å². The lowest BCUT2D eigenvalue weighted by molar-refractivity contribution is -0.148. The molecule has 0 radical (unpaired) electrons. The molecular weight excluding hydrogens is 418 g/mol. The number of nitrogens with zero attached hydrogens (tertiary/aromatic N) is 1. The highest BCUT2D eigenvalue weighted by molar-refractivity contribution is 5.94. The largest absolute Gasteiger partial charge is 0.479 e. The van der Waals surface area contributed by atoms with E-state index < -0.39 is 17.4 Å². The van der Waals surface area contributed by atoms with E-state index in [2.05, 4.69) is 10.3 Å². The normalized spacial score (nSPS) is 17.3. The van der Waals surface area contributed by atoms with Gasteiger partial charge in [0.05, 0.1) is 0 Å². The predicted octanol–water partition coefficient (Wildman–Crippen LogP) is 3.78. The number of hydrogen-bond acceptors (Lipinski definition) is 3. The van der Waals surface area contributed by atoms with Crippen LogP contribution in [0, 0.1) is 5.92 Å². The van der Waals surface area contributed by atoms with E-state index in [1.165, 1.54) is 0 Å². The Morgan fingerprint density at radius 3 is 2.36 bits per heavy atom. The van der Waals surface area contributed by atoms with Crippen LogP contribution < -0.4 is 5.32 Å². The lowest BCUT2D eigenvalue weighted by Gasteiger charge is -2.36. The van der Waals surface area contributed by atoms with Crippen LogP contribution in [0.4, 0.5) is 0 Å². The van der Waals surface area contributed by atoms with Gasteiger partial charge in [-0.25, -0.2) is 4.79 Å². The minimum absolute atomic E-state index is 0.0437. The molecule has 33 heavy (non-hydrogen) atoms. The number of aromatic nitrogens is 1. The molecule has 2 amide bonds. The Hall–Kier alpha value is -3.61. The van der Waals surface area contributed by atoms with Crippen LogP contribution in [0.3, 0.4) is 0 Å². The molecule has 1 aromatic heterocycles. The Kier molecular flexibility index (Phi) is 6.22. The fourth-order valence-electron chi connectivity index (χ4n) is 4.58. The summed E-state index contributed by atoms with van der Waals surface area (Å²) in [6, 6.07) is 16.8. The molecule has 4 rings (SSSR count). The summed E-state index contributed by atoms with van der Waals surface area (Å²) in [6.45, 7) is 4.32. The number of amides is 2. The number of benzene rings is 2. The van der Waals surface area contributed by atoms with Gasteiger partial charge in [-0.2, -0.15) is 0 Å². The fraction of sp³-hybridized carbons (Fsp3) is 0.346. The maximum Gasteiger partial charge on any atom is 0.329 e. The molecule has 7 nitrogen and oxygen atoms in total. The van der Waals surface area contributed by atoms with Gasteiger partial charge >= 0.3 is 5.97 Å². The molecule has 0 spiro atoms. The number of aromatic amines is 1.